The second-order valence-electron chi connectivity index (χ2n) is 6.99. The van der Waals surface area contributed by atoms with Gasteiger partial charge in [0.15, 0.2) is 0 Å². The molecule has 150 valence electrons. The Morgan fingerprint density at radius 1 is 1.18 bits per heavy atom. The predicted octanol–water partition coefficient (Wildman–Crippen LogP) is 4.34. The number of nitrogens with zero attached hydrogens (tertiary/aromatic N) is 1. The molecule has 8 heteroatoms. The average molecular weight is 441 g/mol. The largest absolute Gasteiger partial charge is 0.347 e. The molecule has 0 bridgehead atoms. The van der Waals surface area contributed by atoms with E-state index in [0.717, 1.165) is 35.4 Å². The van der Waals surface area contributed by atoms with Gasteiger partial charge in [0, 0.05) is 0 Å². The normalized spacial score (nSPS) is 17.5. The van der Waals surface area contributed by atoms with Crippen molar-refractivity contribution < 1.29 is 13.2 Å². The van der Waals surface area contributed by atoms with Crippen LogP contribution in [0.3, 0.4) is 0 Å². The zero-order valence-corrected chi connectivity index (χ0v) is 18.0. The number of benzene rings is 2. The third-order valence-electron chi connectivity index (χ3n) is 4.93. The van der Waals surface area contributed by atoms with Crippen molar-refractivity contribution >= 4 is 44.8 Å². The molecule has 1 N–H and O–H groups in total. The first-order valence-corrected chi connectivity index (χ1v) is 11.6. The van der Waals surface area contributed by atoms with Gasteiger partial charge in [-0.15, -0.1) is 0 Å². The molecule has 0 heterocycles. The van der Waals surface area contributed by atoms with Gasteiger partial charge in [0.2, 0.25) is 15.9 Å². The number of anilines is 1. The summed E-state index contributed by atoms with van der Waals surface area (Å²) >= 11 is 12.0. The van der Waals surface area contributed by atoms with Crippen molar-refractivity contribution in [3.05, 3.63) is 63.6 Å². The van der Waals surface area contributed by atoms with Crippen molar-refractivity contribution in [1.82, 2.24) is 5.32 Å². The molecule has 3 rings (SSSR count). The van der Waals surface area contributed by atoms with Gasteiger partial charge in [-0.3, -0.25) is 9.10 Å². The van der Waals surface area contributed by atoms with Crippen molar-refractivity contribution in [3.8, 4) is 0 Å². The Kier molecular flexibility index (Phi) is 6.22. The topological polar surface area (TPSA) is 66.5 Å². The van der Waals surface area contributed by atoms with E-state index in [9.17, 15) is 13.2 Å². The summed E-state index contributed by atoms with van der Waals surface area (Å²) in [6.07, 6.45) is 3.84. The van der Waals surface area contributed by atoms with Crippen molar-refractivity contribution in [1.29, 1.82) is 0 Å². The van der Waals surface area contributed by atoms with E-state index in [4.69, 9.17) is 23.2 Å². The number of aryl methyl sites for hydroxylation is 1. The molecule has 2 aromatic rings. The minimum atomic E-state index is -3.72. The summed E-state index contributed by atoms with van der Waals surface area (Å²) < 4.78 is 25.9. The van der Waals surface area contributed by atoms with Crippen LogP contribution in [0.2, 0.25) is 10.0 Å². The van der Waals surface area contributed by atoms with Gasteiger partial charge in [0.25, 0.3) is 0 Å². The highest BCUT2D eigenvalue weighted by atomic mass is 35.5. The minimum Gasteiger partial charge on any atom is -0.347 e. The lowest BCUT2D eigenvalue weighted by Gasteiger charge is -2.32. The first-order chi connectivity index (χ1) is 13.2. The van der Waals surface area contributed by atoms with E-state index >= 15 is 0 Å². The lowest BCUT2D eigenvalue weighted by Crippen LogP contribution is -2.49. The molecule has 0 aliphatic heterocycles. The molecule has 1 aliphatic carbocycles. The van der Waals surface area contributed by atoms with Gasteiger partial charge in [-0.2, -0.15) is 0 Å². The Morgan fingerprint density at radius 3 is 2.57 bits per heavy atom. The number of sulfonamides is 1. The second kappa shape index (κ2) is 8.31. The van der Waals surface area contributed by atoms with Crippen molar-refractivity contribution in [2.24, 2.45) is 0 Å². The Labute approximate surface area is 175 Å². The zero-order chi connectivity index (χ0) is 20.5. The van der Waals surface area contributed by atoms with Gasteiger partial charge in [0.05, 0.1) is 28.0 Å². The highest BCUT2D eigenvalue weighted by Gasteiger charge is 2.31. The maximum absolute atomic E-state index is 13.0. The molecular weight excluding hydrogens is 419 g/mol. The van der Waals surface area contributed by atoms with Crippen LogP contribution >= 0.6 is 23.2 Å². The highest BCUT2D eigenvalue weighted by Crippen LogP contribution is 2.31. The number of hydrogen-bond donors (Lipinski definition) is 1. The van der Waals surface area contributed by atoms with Crippen LogP contribution in [-0.2, 0) is 21.2 Å². The number of hydrogen-bond acceptors (Lipinski definition) is 3. The summed E-state index contributed by atoms with van der Waals surface area (Å²) in [5, 5.41) is 3.56. The lowest BCUT2D eigenvalue weighted by atomic mass is 9.87. The van der Waals surface area contributed by atoms with Gasteiger partial charge in [-0.05, 0) is 55.5 Å². The van der Waals surface area contributed by atoms with Gasteiger partial charge >= 0.3 is 0 Å². The van der Waals surface area contributed by atoms with Crippen molar-refractivity contribution in [2.75, 3.05) is 10.6 Å². The number of halogens is 2. The third-order valence-corrected chi connectivity index (χ3v) is 6.91. The fourth-order valence-corrected chi connectivity index (χ4v) is 5.09. The molecule has 5 nitrogen and oxygen atoms in total. The standard InChI is InChI=1S/C20H22Cl2N2O3S/c1-13(24(28(2,26)27)15-10-11-17(21)18(22)12-15)20(25)23-19-9-5-7-14-6-3-4-8-16(14)19/h3-4,6,8,10-13,19H,5,7,9H2,1-2H3,(H,23,25)/t13-,19+/m0/s1. The lowest BCUT2D eigenvalue weighted by molar-refractivity contribution is -0.122. The molecule has 0 saturated carbocycles. The van der Waals surface area contributed by atoms with Gasteiger partial charge in [-0.25, -0.2) is 8.42 Å². The summed E-state index contributed by atoms with van der Waals surface area (Å²) in [5.41, 5.74) is 2.61. The molecule has 1 aliphatic rings. The SMILES string of the molecule is C[C@@H](C(=O)N[C@@H]1CCCc2ccccc21)N(c1ccc(Cl)c(Cl)c1)S(C)(=O)=O. The zero-order valence-electron chi connectivity index (χ0n) is 15.7. The monoisotopic (exact) mass is 440 g/mol. The number of fused-ring (bicyclic) bond motifs is 1. The quantitative estimate of drug-likeness (QED) is 0.751. The molecule has 0 aromatic heterocycles. The smallest absolute Gasteiger partial charge is 0.244 e. The molecule has 0 radical (unpaired) electrons. The molecule has 0 unspecified atom stereocenters. The Morgan fingerprint density at radius 2 is 1.89 bits per heavy atom. The molecule has 2 atom stereocenters. The summed E-state index contributed by atoms with van der Waals surface area (Å²) in [4.78, 5) is 13.0. The number of amides is 1. The van der Waals surface area contributed by atoms with Gasteiger partial charge in [0.1, 0.15) is 6.04 Å². The van der Waals surface area contributed by atoms with Crippen molar-refractivity contribution in [2.45, 2.75) is 38.3 Å². The van der Waals surface area contributed by atoms with Crippen LogP contribution in [0.1, 0.15) is 36.9 Å². The van der Waals surface area contributed by atoms with E-state index in [1.807, 2.05) is 18.2 Å². The fraction of sp³-hybridized carbons (Fsp3) is 0.350. The summed E-state index contributed by atoms with van der Waals surface area (Å²) in [5.74, 6) is -0.363. The Balaban J connectivity index is 1.86. The minimum absolute atomic E-state index is 0.130. The summed E-state index contributed by atoms with van der Waals surface area (Å²) in [7, 11) is -3.72. The number of rotatable bonds is 5. The van der Waals surface area contributed by atoms with Crippen LogP contribution in [-0.4, -0.2) is 26.6 Å². The second-order valence-corrected chi connectivity index (χ2v) is 9.66. The summed E-state index contributed by atoms with van der Waals surface area (Å²) in [6, 6.07) is 11.4. The Bertz CT molecular complexity index is 995. The molecule has 0 saturated heterocycles. The van der Waals surface area contributed by atoms with Crippen LogP contribution in [0.15, 0.2) is 42.5 Å². The van der Waals surface area contributed by atoms with Gasteiger partial charge < -0.3 is 5.32 Å². The van der Waals surface area contributed by atoms with E-state index in [2.05, 4.69) is 11.4 Å². The van der Waals surface area contributed by atoms with E-state index in [1.54, 1.807) is 6.92 Å². The first kappa shape index (κ1) is 21.0. The fourth-order valence-electron chi connectivity index (χ4n) is 3.63. The number of nitrogens with one attached hydrogen (secondary N) is 1. The van der Waals surface area contributed by atoms with E-state index in [-0.39, 0.29) is 17.0 Å². The maximum Gasteiger partial charge on any atom is 0.244 e. The molecule has 28 heavy (non-hydrogen) atoms. The summed E-state index contributed by atoms with van der Waals surface area (Å²) in [6.45, 7) is 1.56. The van der Waals surface area contributed by atoms with E-state index in [0.29, 0.717) is 10.7 Å². The van der Waals surface area contributed by atoms with Crippen LogP contribution < -0.4 is 9.62 Å². The average Bonchev–Trinajstić information content (AvgIpc) is 2.64. The van der Waals surface area contributed by atoms with Crippen LogP contribution in [0, 0.1) is 0 Å². The third kappa shape index (κ3) is 4.45. The molecule has 0 spiro atoms. The van der Waals surface area contributed by atoms with E-state index in [1.165, 1.54) is 23.8 Å². The molecule has 2 aromatic carbocycles. The molecule has 1 amide bonds. The maximum atomic E-state index is 13.0. The molecular formula is C20H22Cl2N2O3S. The van der Waals surface area contributed by atoms with Crippen LogP contribution in [0.4, 0.5) is 5.69 Å². The Hall–Kier alpha value is -1.76. The van der Waals surface area contributed by atoms with Crippen LogP contribution in [0.25, 0.3) is 0 Å². The van der Waals surface area contributed by atoms with Crippen molar-refractivity contribution in [3.63, 3.8) is 0 Å². The van der Waals surface area contributed by atoms with E-state index < -0.39 is 16.1 Å². The predicted molar refractivity (Wildman–Crippen MR) is 114 cm³/mol. The highest BCUT2D eigenvalue weighted by molar-refractivity contribution is 7.92. The molecule has 0 fully saturated rings. The first-order valence-electron chi connectivity index (χ1n) is 9.01. The van der Waals surface area contributed by atoms with Crippen LogP contribution in [0.5, 0.6) is 0 Å². The number of carbonyl (C=O) groups excluding carboxylic acids is 1. The van der Waals surface area contributed by atoms with Gasteiger partial charge in [-0.1, -0.05) is 47.5 Å². The number of carbonyl (C=O) groups is 1.